The Labute approximate surface area is 211 Å². The first-order valence-electron chi connectivity index (χ1n) is 12.0. The maximum Gasteiger partial charge on any atom is 0.346 e. The third kappa shape index (κ3) is 4.65. The van der Waals surface area contributed by atoms with Gasteiger partial charge >= 0.3 is 5.97 Å². The topological polar surface area (TPSA) is 97.8 Å². The molecule has 3 N–H and O–H groups in total. The number of nitrogens with zero attached hydrogens (tertiary/aromatic N) is 3. The van der Waals surface area contributed by atoms with Crippen molar-refractivity contribution in [1.82, 2.24) is 9.47 Å². The van der Waals surface area contributed by atoms with Crippen molar-refractivity contribution < 1.29 is 14.7 Å². The summed E-state index contributed by atoms with van der Waals surface area (Å²) in [5, 5.41) is 13.3. The number of fused-ring (bicyclic) bond motifs is 1. The normalized spacial score (nSPS) is 13.4. The summed E-state index contributed by atoms with van der Waals surface area (Å²) in [6.45, 7) is 4.94. The van der Waals surface area contributed by atoms with Crippen molar-refractivity contribution in [2.45, 2.75) is 20.3 Å². The predicted octanol–water partition coefficient (Wildman–Crippen LogP) is 5.85. The highest BCUT2D eigenvalue weighted by molar-refractivity contribution is 6.03. The van der Waals surface area contributed by atoms with Gasteiger partial charge in [-0.25, -0.2) is 9.28 Å². The van der Waals surface area contributed by atoms with Gasteiger partial charge in [-0.05, 0) is 48.7 Å². The molecule has 0 aliphatic carbocycles. The minimum absolute atomic E-state index is 0.0562. The van der Waals surface area contributed by atoms with Crippen molar-refractivity contribution in [3.05, 3.63) is 90.0 Å². The molecule has 36 heavy (non-hydrogen) atoms. The second-order valence-electron chi connectivity index (χ2n) is 8.77. The number of oxime groups is 1. The quantitative estimate of drug-likeness (QED) is 0.0818. The molecule has 7 nitrogen and oxygen atoms in total. The Kier molecular flexibility index (Phi) is 7.31. The van der Waals surface area contributed by atoms with E-state index in [4.69, 9.17) is 15.5 Å². The van der Waals surface area contributed by atoms with Gasteiger partial charge in [-0.15, -0.1) is 0 Å². The lowest BCUT2D eigenvalue weighted by atomic mass is 9.98. The zero-order valence-corrected chi connectivity index (χ0v) is 20.8. The minimum Gasteiger partial charge on any atom is -0.462 e. The summed E-state index contributed by atoms with van der Waals surface area (Å²) in [7, 11) is 2.07. The van der Waals surface area contributed by atoms with Crippen LogP contribution in [0.25, 0.3) is 22.0 Å². The molecule has 0 fully saturated rings. The number of rotatable bonds is 8. The molecule has 1 aromatic heterocycles. The second-order valence-corrected chi connectivity index (χ2v) is 8.77. The molecule has 0 aliphatic heterocycles. The highest BCUT2D eigenvalue weighted by Gasteiger charge is 2.35. The van der Waals surface area contributed by atoms with E-state index in [2.05, 4.69) is 19.1 Å². The molecule has 0 spiro atoms. The van der Waals surface area contributed by atoms with Gasteiger partial charge in [0.05, 0.1) is 25.7 Å². The number of hydrogen-bond donors (Lipinski definition) is 2. The van der Waals surface area contributed by atoms with Gasteiger partial charge in [-0.2, -0.15) is 4.98 Å². The van der Waals surface area contributed by atoms with Crippen LogP contribution in [0.4, 0.5) is 11.5 Å². The third-order valence-electron chi connectivity index (χ3n) is 6.40. The molecule has 0 bridgehead atoms. The number of pyridine rings is 1. The van der Waals surface area contributed by atoms with E-state index in [9.17, 15) is 10.0 Å². The summed E-state index contributed by atoms with van der Waals surface area (Å²) in [5.74, 6) is 0.329. The Morgan fingerprint density at radius 2 is 1.69 bits per heavy atom. The predicted molar refractivity (Wildman–Crippen MR) is 145 cm³/mol. The van der Waals surface area contributed by atoms with Crippen LogP contribution < -0.4 is 10.2 Å². The van der Waals surface area contributed by atoms with Crippen LogP contribution in [0, 0.1) is 0 Å². The molecule has 0 radical (unpaired) electrons. The Morgan fingerprint density at radius 3 is 2.39 bits per heavy atom. The molecule has 0 amide bonds. The number of amidine groups is 1. The number of benzene rings is 3. The van der Waals surface area contributed by atoms with Gasteiger partial charge in [0, 0.05) is 23.1 Å². The molecular weight excluding hydrogens is 452 g/mol. The summed E-state index contributed by atoms with van der Waals surface area (Å²) in [6, 6.07) is 25.3. The van der Waals surface area contributed by atoms with Gasteiger partial charge in [0.2, 0.25) is 5.82 Å². The first-order chi connectivity index (χ1) is 17.4. The number of carbonyl (C=O) groups excluding carboxylic acids is 1. The number of nitrogens with two attached hydrogens (primary N) is 1. The molecule has 4 aromatic rings. The Bertz CT molecular complexity index is 1420. The van der Waals surface area contributed by atoms with Gasteiger partial charge in [-0.1, -0.05) is 54.5 Å². The van der Waals surface area contributed by atoms with Crippen molar-refractivity contribution in [1.29, 1.82) is 0 Å². The minimum atomic E-state index is -0.379. The second kappa shape index (κ2) is 10.6. The lowest BCUT2D eigenvalue weighted by Crippen LogP contribution is -2.42. The van der Waals surface area contributed by atoms with E-state index in [1.165, 1.54) is 0 Å². The van der Waals surface area contributed by atoms with Crippen LogP contribution in [-0.2, 0) is 4.74 Å². The zero-order valence-electron chi connectivity index (χ0n) is 20.8. The van der Waals surface area contributed by atoms with E-state index in [1.54, 1.807) is 6.92 Å². The summed E-state index contributed by atoms with van der Waals surface area (Å²) >= 11 is 0. The van der Waals surface area contributed by atoms with E-state index < -0.39 is 0 Å². The largest absolute Gasteiger partial charge is 0.462 e. The van der Waals surface area contributed by atoms with E-state index in [0.29, 0.717) is 21.4 Å². The zero-order chi connectivity index (χ0) is 25.7. The number of para-hydroxylation sites is 1. The molecule has 0 aliphatic rings. The van der Waals surface area contributed by atoms with Crippen molar-refractivity contribution in [3.8, 4) is 11.1 Å². The van der Waals surface area contributed by atoms with Crippen LogP contribution in [0.1, 0.15) is 36.2 Å². The van der Waals surface area contributed by atoms with Crippen molar-refractivity contribution in [2.75, 3.05) is 20.2 Å². The Morgan fingerprint density at radius 1 is 1.00 bits per heavy atom. The van der Waals surface area contributed by atoms with Gasteiger partial charge in [-0.3, -0.25) is 0 Å². The molecule has 1 heterocycles. The molecule has 3 aromatic carbocycles. The molecule has 184 valence electrons. The van der Waals surface area contributed by atoms with E-state index in [-0.39, 0.29) is 18.4 Å². The van der Waals surface area contributed by atoms with Crippen molar-refractivity contribution >= 4 is 34.2 Å². The van der Waals surface area contributed by atoms with Crippen LogP contribution in [0.3, 0.4) is 0 Å². The lowest BCUT2D eigenvalue weighted by Gasteiger charge is -2.33. The number of esters is 1. The molecule has 1 atom stereocenters. The van der Waals surface area contributed by atoms with E-state index in [1.807, 2.05) is 78.9 Å². The van der Waals surface area contributed by atoms with E-state index >= 15 is 0 Å². The molecule has 7 heteroatoms. The first-order valence-corrected chi connectivity index (χ1v) is 12.0. The molecule has 0 saturated heterocycles. The standard InChI is InChI=1S/C29H30N4O3/c1-4-18-33(3,28-25(29(34)36-5-2)19-21-10-6-9-13-26(21)31-28)22-16-14-20(15-17-22)23-11-7-8-12-24(23)27(30)32-35/h6-17,19H,4-5,18H2,1-3H3,(H2-,30,32,35)/p+1. The molecular formula is C29H31N4O3+. The fraction of sp³-hybridized carbons (Fsp3) is 0.207. The number of aromatic nitrogens is 1. The summed E-state index contributed by atoms with van der Waals surface area (Å²) < 4.78 is 5.75. The summed E-state index contributed by atoms with van der Waals surface area (Å²) in [5.41, 5.74) is 10.6. The van der Waals surface area contributed by atoms with Gasteiger partial charge < -0.3 is 15.7 Å². The smallest absolute Gasteiger partial charge is 0.346 e. The fourth-order valence-electron chi connectivity index (χ4n) is 4.63. The van der Waals surface area contributed by atoms with Crippen LogP contribution >= 0.6 is 0 Å². The average Bonchev–Trinajstić information content (AvgIpc) is 2.92. The van der Waals surface area contributed by atoms with Crippen molar-refractivity contribution in [3.63, 3.8) is 0 Å². The highest BCUT2D eigenvalue weighted by atomic mass is 16.5. The number of ether oxygens (including phenoxy) is 1. The van der Waals surface area contributed by atoms with Crippen LogP contribution in [0.15, 0.2) is 84.0 Å². The highest BCUT2D eigenvalue weighted by Crippen LogP contribution is 2.37. The summed E-state index contributed by atoms with van der Waals surface area (Å²) in [6.07, 6.45) is 0.876. The monoisotopic (exact) mass is 483 g/mol. The Balaban J connectivity index is 1.86. The van der Waals surface area contributed by atoms with Gasteiger partial charge in [0.25, 0.3) is 0 Å². The molecule has 1 unspecified atom stereocenters. The number of quaternary nitrogens is 1. The van der Waals surface area contributed by atoms with Gasteiger partial charge in [0.1, 0.15) is 11.3 Å². The molecule has 0 saturated carbocycles. The van der Waals surface area contributed by atoms with Crippen LogP contribution in [-0.4, -0.2) is 42.2 Å². The average molecular weight is 484 g/mol. The fourth-order valence-corrected chi connectivity index (χ4v) is 4.63. The van der Waals surface area contributed by atoms with Crippen LogP contribution in [0.2, 0.25) is 0 Å². The maximum atomic E-state index is 13.0. The number of carbonyl (C=O) groups is 1. The number of hydrogen-bond acceptors (Lipinski definition) is 5. The first kappa shape index (κ1) is 24.9. The van der Waals surface area contributed by atoms with E-state index in [0.717, 1.165) is 40.7 Å². The van der Waals surface area contributed by atoms with Gasteiger partial charge in [0.15, 0.2) is 5.84 Å². The third-order valence-corrected chi connectivity index (χ3v) is 6.40. The SMILES string of the molecule is CCC[N+](C)(c1ccc(-c2ccccc2C(N)=NO)cc1)c1nc2ccccc2cc1C(=O)OCC. The Hall–Kier alpha value is -4.23. The lowest BCUT2D eigenvalue weighted by molar-refractivity contribution is 0.0525. The molecule has 4 rings (SSSR count). The summed E-state index contributed by atoms with van der Waals surface area (Å²) in [4.78, 5) is 18.0. The maximum absolute atomic E-state index is 13.0. The van der Waals surface area contributed by atoms with Crippen LogP contribution in [0.5, 0.6) is 0 Å². The van der Waals surface area contributed by atoms with Crippen molar-refractivity contribution in [2.24, 2.45) is 10.9 Å².